The first-order valence-electron chi connectivity index (χ1n) is 16.1. The van der Waals surface area contributed by atoms with Crippen LogP contribution in [-0.4, -0.2) is 106 Å². The molecule has 3 amide bonds. The molecule has 0 spiro atoms. The standard InChI is InChI=1S/C35H45N9O3/c1-34(2,3)29(37-21-30(45)44-16-8-9-26(44)20-36)19-35(33-38-40-41-39-33)27-14-12-24(31(46)42(4)5)17-22(27)10-11-23-18-25(13-15-28(23)35)32(47)43(6)7/h12-15,17-18,26,29,37H,8-11,16,19,21H2,1-7H3,(H,38,39,40,41)/t26-,29+/m0/s1. The highest BCUT2D eigenvalue weighted by Crippen LogP contribution is 2.48. The number of aromatic nitrogens is 4. The quantitative estimate of drug-likeness (QED) is 0.382. The molecule has 1 fully saturated rings. The Morgan fingerprint density at radius 2 is 1.60 bits per heavy atom. The number of fused-ring (bicyclic) bond motifs is 2. The van der Waals surface area contributed by atoms with E-state index in [4.69, 9.17) is 0 Å². The predicted molar refractivity (Wildman–Crippen MR) is 177 cm³/mol. The summed E-state index contributed by atoms with van der Waals surface area (Å²) in [5.74, 6) is 0.178. The topological polar surface area (TPSA) is 151 Å². The van der Waals surface area contributed by atoms with Crippen LogP contribution in [0, 0.1) is 16.7 Å². The smallest absolute Gasteiger partial charge is 0.253 e. The molecule has 12 heteroatoms. The number of hydrogen-bond acceptors (Lipinski definition) is 8. The highest BCUT2D eigenvalue weighted by molar-refractivity contribution is 5.95. The van der Waals surface area contributed by atoms with Crippen LogP contribution in [0.5, 0.6) is 0 Å². The Labute approximate surface area is 276 Å². The lowest BCUT2D eigenvalue weighted by Gasteiger charge is -2.41. The summed E-state index contributed by atoms with van der Waals surface area (Å²) in [5.41, 5.74) is 3.75. The maximum Gasteiger partial charge on any atom is 0.253 e. The lowest BCUT2D eigenvalue weighted by molar-refractivity contribution is -0.130. The SMILES string of the molecule is CN(C)C(=O)c1ccc2c(c1)CCc1cc(C(=O)N(C)C)ccc1C2(C[C@@H](NCC(=O)N1CCC[C@H]1C#N)C(C)(C)C)c1nn[nH]n1. The van der Waals surface area contributed by atoms with Crippen LogP contribution in [0.1, 0.15) is 88.8 Å². The third kappa shape index (κ3) is 6.49. The molecule has 2 atom stereocenters. The number of aromatic amines is 1. The van der Waals surface area contributed by atoms with Gasteiger partial charge in [-0.1, -0.05) is 38.1 Å². The van der Waals surface area contributed by atoms with Crippen molar-refractivity contribution in [1.29, 1.82) is 5.26 Å². The normalized spacial score (nSPS) is 17.6. The van der Waals surface area contributed by atoms with E-state index >= 15 is 0 Å². The Bertz CT molecular complexity index is 1610. The molecule has 2 aromatic carbocycles. The minimum atomic E-state index is -0.954. The van der Waals surface area contributed by atoms with Gasteiger partial charge in [0.2, 0.25) is 5.91 Å². The van der Waals surface area contributed by atoms with Gasteiger partial charge in [-0.15, -0.1) is 10.2 Å². The second-order valence-electron chi connectivity index (χ2n) is 14.2. The minimum absolute atomic E-state index is 0.0781. The van der Waals surface area contributed by atoms with Gasteiger partial charge >= 0.3 is 0 Å². The number of nitriles is 1. The third-order valence-electron chi connectivity index (χ3n) is 9.60. The van der Waals surface area contributed by atoms with Crippen LogP contribution in [0.2, 0.25) is 0 Å². The summed E-state index contributed by atoms with van der Waals surface area (Å²) >= 11 is 0. The summed E-state index contributed by atoms with van der Waals surface area (Å²) in [7, 11) is 6.94. The molecule has 2 N–H and O–H groups in total. The first kappa shape index (κ1) is 33.7. The molecule has 47 heavy (non-hydrogen) atoms. The summed E-state index contributed by atoms with van der Waals surface area (Å²) in [6.07, 6.45) is 3.22. The van der Waals surface area contributed by atoms with Crippen LogP contribution in [0.25, 0.3) is 0 Å². The van der Waals surface area contributed by atoms with Crippen molar-refractivity contribution in [1.82, 2.24) is 40.6 Å². The molecule has 1 aliphatic carbocycles. The second kappa shape index (κ2) is 13.2. The van der Waals surface area contributed by atoms with Crippen molar-refractivity contribution in [3.63, 3.8) is 0 Å². The molecule has 3 aromatic rings. The van der Waals surface area contributed by atoms with E-state index < -0.39 is 11.5 Å². The number of aryl methyl sites for hydroxylation is 2. The van der Waals surface area contributed by atoms with Crippen LogP contribution in [-0.2, 0) is 23.1 Å². The average molecular weight is 640 g/mol. The first-order valence-corrected chi connectivity index (χ1v) is 16.1. The fourth-order valence-corrected chi connectivity index (χ4v) is 7.03. The zero-order valence-corrected chi connectivity index (χ0v) is 28.4. The molecule has 1 aliphatic heterocycles. The van der Waals surface area contributed by atoms with Gasteiger partial charge in [-0.2, -0.15) is 10.5 Å². The molecule has 0 unspecified atom stereocenters. The molecular formula is C35H45N9O3. The molecule has 248 valence electrons. The number of nitrogens with one attached hydrogen (secondary N) is 2. The van der Waals surface area contributed by atoms with E-state index in [1.54, 1.807) is 42.9 Å². The van der Waals surface area contributed by atoms with Gasteiger partial charge in [0.15, 0.2) is 5.82 Å². The molecule has 1 saturated heterocycles. The number of nitrogens with zero attached hydrogens (tertiary/aromatic N) is 7. The van der Waals surface area contributed by atoms with Crippen molar-refractivity contribution in [3.05, 3.63) is 75.6 Å². The number of H-pyrrole nitrogens is 1. The van der Waals surface area contributed by atoms with Gasteiger partial charge in [0.25, 0.3) is 11.8 Å². The first-order chi connectivity index (χ1) is 22.3. The number of rotatable bonds is 8. The average Bonchev–Trinajstić information content (AvgIpc) is 3.73. The number of hydrogen-bond donors (Lipinski definition) is 2. The zero-order valence-electron chi connectivity index (χ0n) is 28.4. The van der Waals surface area contributed by atoms with Gasteiger partial charge in [0.1, 0.15) is 6.04 Å². The van der Waals surface area contributed by atoms with Gasteiger partial charge in [0.05, 0.1) is 18.0 Å². The monoisotopic (exact) mass is 639 g/mol. The summed E-state index contributed by atoms with van der Waals surface area (Å²) < 4.78 is 0. The van der Waals surface area contributed by atoms with Crippen molar-refractivity contribution in [2.45, 2.75) is 70.4 Å². The second-order valence-corrected chi connectivity index (χ2v) is 14.2. The van der Waals surface area contributed by atoms with E-state index in [0.29, 0.717) is 49.2 Å². The number of amides is 3. The summed E-state index contributed by atoms with van der Waals surface area (Å²) in [4.78, 5) is 44.4. The predicted octanol–water partition coefficient (Wildman–Crippen LogP) is 2.95. The van der Waals surface area contributed by atoms with Crippen molar-refractivity contribution in [2.75, 3.05) is 41.3 Å². The van der Waals surface area contributed by atoms with Crippen LogP contribution in [0.15, 0.2) is 36.4 Å². The van der Waals surface area contributed by atoms with Crippen LogP contribution in [0.4, 0.5) is 0 Å². The molecule has 1 aromatic heterocycles. The Morgan fingerprint density at radius 3 is 2.06 bits per heavy atom. The maximum atomic E-state index is 13.4. The summed E-state index contributed by atoms with van der Waals surface area (Å²) in [5, 5.41) is 29.0. The van der Waals surface area contributed by atoms with E-state index in [2.05, 4.69) is 52.8 Å². The van der Waals surface area contributed by atoms with Crippen molar-refractivity contribution in [2.24, 2.45) is 5.41 Å². The van der Waals surface area contributed by atoms with E-state index in [9.17, 15) is 19.6 Å². The number of benzene rings is 2. The number of likely N-dealkylation sites (tertiary alicyclic amines) is 1. The van der Waals surface area contributed by atoms with Crippen molar-refractivity contribution >= 4 is 17.7 Å². The summed E-state index contributed by atoms with van der Waals surface area (Å²) in [6.45, 7) is 7.04. The van der Waals surface area contributed by atoms with Crippen LogP contribution < -0.4 is 5.32 Å². The largest absolute Gasteiger partial charge is 0.345 e. The lowest BCUT2D eigenvalue weighted by atomic mass is 9.64. The van der Waals surface area contributed by atoms with E-state index in [-0.39, 0.29) is 35.7 Å². The van der Waals surface area contributed by atoms with Crippen molar-refractivity contribution < 1.29 is 14.4 Å². The molecule has 0 saturated carbocycles. The lowest BCUT2D eigenvalue weighted by Crippen LogP contribution is -2.51. The van der Waals surface area contributed by atoms with Gasteiger partial charge in [0, 0.05) is 51.9 Å². The van der Waals surface area contributed by atoms with Crippen molar-refractivity contribution in [3.8, 4) is 6.07 Å². The Balaban J connectivity index is 1.68. The minimum Gasteiger partial charge on any atom is -0.345 e. The molecule has 5 rings (SSSR count). The Kier molecular flexibility index (Phi) is 9.50. The number of tetrazole rings is 1. The van der Waals surface area contributed by atoms with E-state index in [0.717, 1.165) is 28.7 Å². The van der Waals surface area contributed by atoms with Crippen LogP contribution >= 0.6 is 0 Å². The number of carbonyl (C=O) groups is 3. The third-order valence-corrected chi connectivity index (χ3v) is 9.60. The van der Waals surface area contributed by atoms with Gasteiger partial charge in [-0.05, 0) is 84.0 Å². The number of carbonyl (C=O) groups excluding carboxylic acids is 3. The Morgan fingerprint density at radius 1 is 1.02 bits per heavy atom. The van der Waals surface area contributed by atoms with Gasteiger partial charge in [-0.3, -0.25) is 14.4 Å². The van der Waals surface area contributed by atoms with E-state index in [1.807, 2.05) is 36.4 Å². The van der Waals surface area contributed by atoms with Gasteiger partial charge < -0.3 is 20.0 Å². The molecule has 0 radical (unpaired) electrons. The van der Waals surface area contributed by atoms with Gasteiger partial charge in [-0.25, -0.2) is 0 Å². The molecule has 2 heterocycles. The fraction of sp³-hybridized carbons (Fsp3) is 0.514. The Hall–Kier alpha value is -4.63. The highest BCUT2D eigenvalue weighted by Gasteiger charge is 2.48. The van der Waals surface area contributed by atoms with E-state index in [1.165, 1.54) is 0 Å². The molecule has 2 aliphatic rings. The summed E-state index contributed by atoms with van der Waals surface area (Å²) in [6, 6.07) is 13.3. The zero-order chi connectivity index (χ0) is 34.1. The highest BCUT2D eigenvalue weighted by atomic mass is 16.2. The fourth-order valence-electron chi connectivity index (χ4n) is 7.03. The molecule has 0 bridgehead atoms. The van der Waals surface area contributed by atoms with Crippen LogP contribution in [0.3, 0.4) is 0 Å². The maximum absolute atomic E-state index is 13.4. The molecule has 12 nitrogen and oxygen atoms in total. The molecular weight excluding hydrogens is 594 g/mol.